The SMILES string of the molecule is O=C(Nc1cc(-c2ccc3nc(NC(=O)C4(F)CCOCC4)cn3c2)cnn1)C1CC1. The van der Waals surface area contributed by atoms with E-state index in [2.05, 4.69) is 25.8 Å². The third-order valence-electron chi connectivity index (χ3n) is 5.57. The highest BCUT2D eigenvalue weighted by molar-refractivity contribution is 5.97. The first kappa shape index (κ1) is 19.6. The summed E-state index contributed by atoms with van der Waals surface area (Å²) in [5.74, 6) is 0.0144. The van der Waals surface area contributed by atoms with E-state index in [-0.39, 0.29) is 43.7 Å². The second kappa shape index (κ2) is 7.69. The van der Waals surface area contributed by atoms with E-state index in [1.807, 2.05) is 12.3 Å². The van der Waals surface area contributed by atoms with Crippen molar-refractivity contribution in [2.75, 3.05) is 23.8 Å². The van der Waals surface area contributed by atoms with Gasteiger partial charge in [0.2, 0.25) is 5.91 Å². The van der Waals surface area contributed by atoms with Gasteiger partial charge in [-0.1, -0.05) is 0 Å². The molecule has 160 valence electrons. The van der Waals surface area contributed by atoms with Gasteiger partial charge >= 0.3 is 0 Å². The Morgan fingerprint density at radius 1 is 1.10 bits per heavy atom. The Labute approximate surface area is 177 Å². The van der Waals surface area contributed by atoms with E-state index in [1.165, 1.54) is 0 Å². The number of hydrogen-bond acceptors (Lipinski definition) is 6. The molecular formula is C21H21FN6O3. The molecule has 10 heteroatoms. The van der Waals surface area contributed by atoms with Gasteiger partial charge < -0.3 is 19.8 Å². The van der Waals surface area contributed by atoms with Crippen LogP contribution in [-0.2, 0) is 14.3 Å². The van der Waals surface area contributed by atoms with E-state index in [1.54, 1.807) is 28.9 Å². The fraction of sp³-hybridized carbons (Fsp3) is 0.381. The number of carbonyl (C=O) groups is 2. The van der Waals surface area contributed by atoms with Crippen molar-refractivity contribution in [2.45, 2.75) is 31.4 Å². The Kier molecular flexibility index (Phi) is 4.85. The lowest BCUT2D eigenvalue weighted by molar-refractivity contribution is -0.133. The summed E-state index contributed by atoms with van der Waals surface area (Å²) in [6, 6.07) is 5.39. The van der Waals surface area contributed by atoms with Crippen molar-refractivity contribution in [3.8, 4) is 11.1 Å². The Bertz CT molecular complexity index is 1150. The number of aromatic nitrogens is 4. The van der Waals surface area contributed by atoms with Crippen LogP contribution in [0.25, 0.3) is 16.8 Å². The number of pyridine rings is 1. The molecule has 0 radical (unpaired) electrons. The van der Waals surface area contributed by atoms with Crippen LogP contribution in [0.3, 0.4) is 0 Å². The third kappa shape index (κ3) is 4.11. The van der Waals surface area contributed by atoms with Crippen molar-refractivity contribution in [1.29, 1.82) is 0 Å². The van der Waals surface area contributed by atoms with Crippen LogP contribution < -0.4 is 10.6 Å². The number of ether oxygens (including phenoxy) is 1. The minimum absolute atomic E-state index is 0.0328. The molecule has 2 aliphatic rings. The van der Waals surface area contributed by atoms with Crippen LogP contribution in [0.2, 0.25) is 0 Å². The van der Waals surface area contributed by atoms with Gasteiger partial charge in [-0.05, 0) is 31.0 Å². The maximum absolute atomic E-state index is 14.8. The van der Waals surface area contributed by atoms with Gasteiger partial charge in [0.25, 0.3) is 5.91 Å². The second-order valence-corrected chi connectivity index (χ2v) is 7.93. The molecule has 2 fully saturated rings. The number of imidazole rings is 1. The van der Waals surface area contributed by atoms with Crippen LogP contribution >= 0.6 is 0 Å². The lowest BCUT2D eigenvalue weighted by Crippen LogP contribution is -2.43. The van der Waals surface area contributed by atoms with Crippen LogP contribution in [0, 0.1) is 5.92 Å². The average molecular weight is 424 g/mol. The van der Waals surface area contributed by atoms with Crippen LogP contribution in [0.4, 0.5) is 16.0 Å². The molecule has 0 spiro atoms. The normalized spacial score (nSPS) is 18.0. The van der Waals surface area contributed by atoms with Crippen molar-refractivity contribution in [2.24, 2.45) is 5.92 Å². The van der Waals surface area contributed by atoms with Crippen molar-refractivity contribution >= 4 is 29.1 Å². The Balaban J connectivity index is 1.35. The molecule has 1 aliphatic carbocycles. The quantitative estimate of drug-likeness (QED) is 0.651. The molecule has 3 aromatic rings. The monoisotopic (exact) mass is 424 g/mol. The topological polar surface area (TPSA) is 111 Å². The summed E-state index contributed by atoms with van der Waals surface area (Å²) >= 11 is 0. The van der Waals surface area contributed by atoms with Gasteiger partial charge in [-0.2, -0.15) is 5.10 Å². The lowest BCUT2D eigenvalue weighted by Gasteiger charge is -2.27. The lowest BCUT2D eigenvalue weighted by atomic mass is 9.95. The van der Waals surface area contributed by atoms with Crippen molar-refractivity contribution < 1.29 is 18.7 Å². The summed E-state index contributed by atoms with van der Waals surface area (Å²) in [4.78, 5) is 28.7. The summed E-state index contributed by atoms with van der Waals surface area (Å²) in [5.41, 5.74) is 0.254. The summed E-state index contributed by atoms with van der Waals surface area (Å²) < 4.78 is 21.7. The Morgan fingerprint density at radius 3 is 2.68 bits per heavy atom. The van der Waals surface area contributed by atoms with Gasteiger partial charge in [0.05, 0.1) is 25.6 Å². The highest BCUT2D eigenvalue weighted by atomic mass is 19.1. The molecule has 1 saturated heterocycles. The molecule has 5 rings (SSSR count). The van der Waals surface area contributed by atoms with Gasteiger partial charge in [-0.25, -0.2) is 9.37 Å². The number of fused-ring (bicyclic) bond motifs is 1. The van der Waals surface area contributed by atoms with E-state index in [0.717, 1.165) is 24.0 Å². The number of hydrogen-bond donors (Lipinski definition) is 2. The largest absolute Gasteiger partial charge is 0.381 e. The first-order valence-electron chi connectivity index (χ1n) is 10.2. The van der Waals surface area contributed by atoms with E-state index in [9.17, 15) is 14.0 Å². The number of halogens is 1. The second-order valence-electron chi connectivity index (χ2n) is 7.93. The summed E-state index contributed by atoms with van der Waals surface area (Å²) in [6.07, 6.45) is 6.94. The number of carbonyl (C=O) groups excluding carboxylic acids is 2. The molecular weight excluding hydrogens is 403 g/mol. The number of nitrogens with one attached hydrogen (secondary N) is 2. The summed E-state index contributed by atoms with van der Waals surface area (Å²) in [5, 5.41) is 13.3. The van der Waals surface area contributed by atoms with E-state index < -0.39 is 11.6 Å². The molecule has 1 saturated carbocycles. The Morgan fingerprint density at radius 2 is 1.90 bits per heavy atom. The fourth-order valence-corrected chi connectivity index (χ4v) is 3.53. The fourth-order valence-electron chi connectivity index (χ4n) is 3.53. The van der Waals surface area contributed by atoms with Gasteiger partial charge in [0, 0.05) is 36.1 Å². The smallest absolute Gasteiger partial charge is 0.263 e. The van der Waals surface area contributed by atoms with Crippen LogP contribution in [0.15, 0.2) is 36.8 Å². The first-order valence-corrected chi connectivity index (χ1v) is 10.2. The molecule has 0 aromatic carbocycles. The van der Waals surface area contributed by atoms with Crippen molar-refractivity contribution in [1.82, 2.24) is 19.6 Å². The molecule has 0 bridgehead atoms. The molecule has 0 atom stereocenters. The first-order chi connectivity index (χ1) is 15.0. The molecule has 3 aromatic heterocycles. The Hall–Kier alpha value is -3.40. The highest BCUT2D eigenvalue weighted by Gasteiger charge is 2.40. The van der Waals surface area contributed by atoms with Crippen LogP contribution in [0.5, 0.6) is 0 Å². The minimum atomic E-state index is -1.94. The van der Waals surface area contributed by atoms with Crippen molar-refractivity contribution in [3.05, 3.63) is 36.8 Å². The molecule has 9 nitrogen and oxygen atoms in total. The van der Waals surface area contributed by atoms with Gasteiger partial charge in [0.15, 0.2) is 17.3 Å². The number of rotatable bonds is 5. The standard InChI is InChI=1S/C21H21FN6O3/c22-21(5-7-31-8-6-21)20(30)26-17-12-28-11-14(3-4-18(28)24-17)15-9-16(27-23-10-15)25-19(29)13-1-2-13/h3-4,9-13H,1-2,5-8H2,(H,26,30)(H,25,27,29). The number of alkyl halides is 1. The number of anilines is 2. The van der Waals surface area contributed by atoms with E-state index in [0.29, 0.717) is 11.5 Å². The maximum atomic E-state index is 14.8. The van der Waals surface area contributed by atoms with Crippen LogP contribution in [-0.4, -0.2) is 50.3 Å². The average Bonchev–Trinajstić information content (AvgIpc) is 3.54. The minimum Gasteiger partial charge on any atom is -0.381 e. The highest BCUT2D eigenvalue weighted by Crippen LogP contribution is 2.30. The predicted octanol–water partition coefficient (Wildman–Crippen LogP) is 2.60. The van der Waals surface area contributed by atoms with E-state index >= 15 is 0 Å². The molecule has 0 unspecified atom stereocenters. The predicted molar refractivity (Wildman–Crippen MR) is 110 cm³/mol. The van der Waals surface area contributed by atoms with Gasteiger partial charge in [-0.3, -0.25) is 9.59 Å². The van der Waals surface area contributed by atoms with E-state index in [4.69, 9.17) is 4.74 Å². The number of amides is 2. The van der Waals surface area contributed by atoms with Crippen molar-refractivity contribution in [3.63, 3.8) is 0 Å². The zero-order valence-electron chi connectivity index (χ0n) is 16.7. The molecule has 1 aliphatic heterocycles. The summed E-state index contributed by atoms with van der Waals surface area (Å²) in [7, 11) is 0. The zero-order valence-corrected chi connectivity index (χ0v) is 16.7. The number of nitrogens with zero attached hydrogens (tertiary/aromatic N) is 4. The maximum Gasteiger partial charge on any atom is 0.263 e. The molecule has 31 heavy (non-hydrogen) atoms. The van der Waals surface area contributed by atoms with Crippen LogP contribution in [0.1, 0.15) is 25.7 Å². The van der Waals surface area contributed by atoms with Gasteiger partial charge in [-0.15, -0.1) is 5.10 Å². The summed E-state index contributed by atoms with van der Waals surface area (Å²) in [6.45, 7) is 0.447. The zero-order chi connectivity index (χ0) is 21.4. The molecule has 4 heterocycles. The van der Waals surface area contributed by atoms with Gasteiger partial charge in [0.1, 0.15) is 5.65 Å². The molecule has 2 N–H and O–H groups in total. The third-order valence-corrected chi connectivity index (χ3v) is 5.57. The molecule has 2 amide bonds.